The number of hydrogen-bond donors (Lipinski definition) is 0. The smallest absolute Gasteiger partial charge is 0.335 e. The van der Waals surface area contributed by atoms with Crippen molar-refractivity contribution >= 4 is 11.5 Å². The summed E-state index contributed by atoms with van der Waals surface area (Å²) in [5, 5.41) is 0. The molecule has 0 amide bonds. The summed E-state index contributed by atoms with van der Waals surface area (Å²) >= 11 is 0. The maximum atomic E-state index is 12.8. The van der Waals surface area contributed by atoms with Gasteiger partial charge in [0.05, 0.1) is 40.6 Å². The van der Waals surface area contributed by atoms with Crippen molar-refractivity contribution in [3.63, 3.8) is 0 Å². The van der Waals surface area contributed by atoms with Crippen LogP contribution in [0.2, 0.25) is 0 Å². The summed E-state index contributed by atoms with van der Waals surface area (Å²) in [4.78, 5) is 12.8. The predicted molar refractivity (Wildman–Crippen MR) is 109 cm³/mol. The summed E-state index contributed by atoms with van der Waals surface area (Å²) in [5.41, 5.74) is 3.89. The number of rotatable bonds is 5. The van der Waals surface area contributed by atoms with Crippen molar-refractivity contribution in [2.24, 2.45) is 5.92 Å². The number of cyclic esters (lactones) is 1. The van der Waals surface area contributed by atoms with Gasteiger partial charge in [0.1, 0.15) is 0 Å². The van der Waals surface area contributed by atoms with Gasteiger partial charge in [-0.15, -0.1) is 0 Å². The van der Waals surface area contributed by atoms with Gasteiger partial charge in [-0.3, -0.25) is 0 Å². The molecule has 8 heteroatoms. The van der Waals surface area contributed by atoms with Crippen LogP contribution in [0.5, 0.6) is 34.5 Å². The van der Waals surface area contributed by atoms with Gasteiger partial charge in [0.15, 0.2) is 23.0 Å². The van der Waals surface area contributed by atoms with Crippen LogP contribution in [0.15, 0.2) is 23.8 Å². The fourth-order valence-electron chi connectivity index (χ4n) is 4.59. The second kappa shape index (κ2) is 7.30. The number of esters is 1. The molecule has 0 spiro atoms. The Balaban J connectivity index is 1.82. The van der Waals surface area contributed by atoms with Crippen LogP contribution in [0.4, 0.5) is 0 Å². The average molecular weight is 426 g/mol. The molecule has 1 unspecified atom stereocenters. The lowest BCUT2D eigenvalue weighted by Crippen LogP contribution is -2.18. The van der Waals surface area contributed by atoms with Crippen molar-refractivity contribution < 1.29 is 38.0 Å². The van der Waals surface area contributed by atoms with Gasteiger partial charge in [-0.05, 0) is 35.7 Å². The number of carbonyl (C=O) groups excluding carboxylic acids is 1. The molecule has 0 radical (unpaired) electrons. The number of carbonyl (C=O) groups is 1. The molecule has 5 rings (SSSR count). The Labute approximate surface area is 179 Å². The normalized spacial score (nSPS) is 18.3. The van der Waals surface area contributed by atoms with Crippen molar-refractivity contribution in [1.82, 2.24) is 0 Å². The molecule has 1 fully saturated rings. The van der Waals surface area contributed by atoms with E-state index in [9.17, 15) is 4.79 Å². The molecule has 2 aromatic rings. The first-order valence-electron chi connectivity index (χ1n) is 9.82. The standard InChI is InChI=1S/C23H22O8/c1-25-15-6-11(7-16(26-2)21(15)28-4)18-13-8-17-22(31-10-30-17)20(27-3)14(13)5-12-9-29-23(24)19(12)18/h6-8,12H,5,9-10H2,1-4H3. The zero-order valence-electron chi connectivity index (χ0n) is 17.7. The van der Waals surface area contributed by atoms with E-state index in [1.165, 1.54) is 0 Å². The fraction of sp³-hybridized carbons (Fsp3) is 0.348. The van der Waals surface area contributed by atoms with Crippen molar-refractivity contribution in [2.75, 3.05) is 41.8 Å². The highest BCUT2D eigenvalue weighted by atomic mass is 16.7. The molecule has 8 nitrogen and oxygen atoms in total. The molecule has 31 heavy (non-hydrogen) atoms. The maximum Gasteiger partial charge on any atom is 0.335 e. The first kappa shape index (κ1) is 19.4. The van der Waals surface area contributed by atoms with Crippen LogP contribution in [-0.4, -0.2) is 47.8 Å². The largest absolute Gasteiger partial charge is 0.493 e. The van der Waals surface area contributed by atoms with E-state index >= 15 is 0 Å². The minimum absolute atomic E-state index is 0.0941. The molecule has 2 heterocycles. The van der Waals surface area contributed by atoms with Gasteiger partial charge < -0.3 is 33.2 Å². The molecule has 2 aromatic carbocycles. The van der Waals surface area contributed by atoms with Gasteiger partial charge in [0.2, 0.25) is 18.3 Å². The minimum Gasteiger partial charge on any atom is -0.493 e. The summed E-state index contributed by atoms with van der Waals surface area (Å²) in [7, 11) is 6.27. The summed E-state index contributed by atoms with van der Waals surface area (Å²) in [5.74, 6) is 2.82. The van der Waals surface area contributed by atoms with E-state index in [0.717, 1.165) is 22.3 Å². The topological polar surface area (TPSA) is 81.7 Å². The van der Waals surface area contributed by atoms with Gasteiger partial charge in [-0.1, -0.05) is 0 Å². The number of benzene rings is 2. The van der Waals surface area contributed by atoms with Crippen LogP contribution >= 0.6 is 0 Å². The number of fused-ring (bicyclic) bond motifs is 3. The zero-order valence-corrected chi connectivity index (χ0v) is 17.7. The quantitative estimate of drug-likeness (QED) is 0.675. The van der Waals surface area contributed by atoms with E-state index in [4.69, 9.17) is 33.2 Å². The van der Waals surface area contributed by atoms with Gasteiger partial charge in [-0.2, -0.15) is 0 Å². The van der Waals surface area contributed by atoms with Gasteiger partial charge in [0, 0.05) is 17.1 Å². The summed E-state index contributed by atoms with van der Waals surface area (Å²) in [6.07, 6.45) is 0.601. The Bertz CT molecular complexity index is 1090. The monoisotopic (exact) mass is 426 g/mol. The van der Waals surface area contributed by atoms with Crippen molar-refractivity contribution in [1.29, 1.82) is 0 Å². The Morgan fingerprint density at radius 3 is 2.23 bits per heavy atom. The molecule has 3 aliphatic rings. The van der Waals surface area contributed by atoms with Crippen LogP contribution in [0.25, 0.3) is 5.57 Å². The van der Waals surface area contributed by atoms with Crippen LogP contribution < -0.4 is 28.4 Å². The van der Waals surface area contributed by atoms with Crippen LogP contribution in [0, 0.1) is 5.92 Å². The van der Waals surface area contributed by atoms with E-state index < -0.39 is 0 Å². The second-order valence-electron chi connectivity index (χ2n) is 7.37. The highest BCUT2D eigenvalue weighted by Crippen LogP contribution is 2.53. The molecule has 1 atom stereocenters. The van der Waals surface area contributed by atoms with Crippen molar-refractivity contribution in [3.8, 4) is 34.5 Å². The zero-order chi connectivity index (χ0) is 21.7. The molecule has 0 N–H and O–H groups in total. The molecule has 162 valence electrons. The number of ether oxygens (including phenoxy) is 7. The maximum absolute atomic E-state index is 12.8. The van der Waals surface area contributed by atoms with Crippen molar-refractivity contribution in [2.45, 2.75) is 6.42 Å². The number of hydrogen-bond acceptors (Lipinski definition) is 8. The Morgan fingerprint density at radius 1 is 0.871 bits per heavy atom. The van der Waals surface area contributed by atoms with Crippen molar-refractivity contribution in [3.05, 3.63) is 40.5 Å². The SMILES string of the molecule is COc1cc(C2=C3C(=O)OCC3Cc3c2cc2c(c3OC)OCO2)cc(OC)c1OC. The molecule has 1 saturated heterocycles. The average Bonchev–Trinajstić information content (AvgIpc) is 3.41. The van der Waals surface area contributed by atoms with Crippen LogP contribution in [0.3, 0.4) is 0 Å². The Hall–Kier alpha value is -3.55. The summed E-state index contributed by atoms with van der Waals surface area (Å²) in [6, 6.07) is 5.56. The Kier molecular flexibility index (Phi) is 4.57. The molecule has 0 saturated carbocycles. The van der Waals surface area contributed by atoms with E-state index in [0.29, 0.717) is 53.1 Å². The second-order valence-corrected chi connectivity index (χ2v) is 7.37. The molecule has 1 aliphatic carbocycles. The molecule has 0 bridgehead atoms. The van der Waals surface area contributed by atoms with E-state index in [2.05, 4.69) is 0 Å². The van der Waals surface area contributed by atoms with Gasteiger partial charge in [-0.25, -0.2) is 4.79 Å². The van der Waals surface area contributed by atoms with E-state index in [-0.39, 0.29) is 18.7 Å². The Morgan fingerprint density at radius 2 is 1.58 bits per heavy atom. The van der Waals surface area contributed by atoms with Gasteiger partial charge >= 0.3 is 5.97 Å². The highest BCUT2D eigenvalue weighted by molar-refractivity contribution is 6.06. The third-order valence-electron chi connectivity index (χ3n) is 5.91. The van der Waals surface area contributed by atoms with Crippen LogP contribution in [0.1, 0.15) is 16.7 Å². The molecular formula is C23H22O8. The molecule has 2 aliphatic heterocycles. The first-order chi connectivity index (χ1) is 15.1. The lowest BCUT2D eigenvalue weighted by atomic mass is 9.76. The minimum atomic E-state index is -0.323. The summed E-state index contributed by atoms with van der Waals surface area (Å²) < 4.78 is 39.0. The first-order valence-corrected chi connectivity index (χ1v) is 9.82. The lowest BCUT2D eigenvalue weighted by Gasteiger charge is -2.27. The van der Waals surface area contributed by atoms with E-state index in [1.54, 1.807) is 28.4 Å². The van der Waals surface area contributed by atoms with E-state index in [1.807, 2.05) is 18.2 Å². The van der Waals surface area contributed by atoms with Gasteiger partial charge in [0.25, 0.3) is 0 Å². The molecular weight excluding hydrogens is 404 g/mol. The molecule has 0 aromatic heterocycles. The third-order valence-corrected chi connectivity index (χ3v) is 5.91. The fourth-order valence-corrected chi connectivity index (χ4v) is 4.59. The highest BCUT2D eigenvalue weighted by Gasteiger charge is 2.41. The lowest BCUT2D eigenvalue weighted by molar-refractivity contribution is -0.135. The number of methoxy groups -OCH3 is 4. The predicted octanol–water partition coefficient (Wildman–Crippen LogP) is 2.98. The summed E-state index contributed by atoms with van der Waals surface area (Å²) in [6.45, 7) is 0.440. The van der Waals surface area contributed by atoms with Crippen LogP contribution in [-0.2, 0) is 16.0 Å². The third kappa shape index (κ3) is 2.78.